The lowest BCUT2D eigenvalue weighted by Gasteiger charge is -2.42. The van der Waals surface area contributed by atoms with E-state index in [4.69, 9.17) is 0 Å². The molecule has 2 aliphatic rings. The molecular formula is C17H23NO2S. The molecule has 1 aromatic carbocycles. The highest BCUT2D eigenvalue weighted by Crippen LogP contribution is 2.50. The quantitative estimate of drug-likeness (QED) is 0.904. The van der Waals surface area contributed by atoms with Gasteiger partial charge in [0.2, 0.25) is 5.91 Å². The van der Waals surface area contributed by atoms with E-state index in [9.17, 15) is 9.90 Å². The number of carbonyl (C=O) groups is 1. The highest BCUT2D eigenvalue weighted by Gasteiger charge is 2.48. The van der Waals surface area contributed by atoms with Crippen LogP contribution in [0, 0.1) is 6.92 Å². The highest BCUT2D eigenvalue weighted by atomic mass is 32.2. The van der Waals surface area contributed by atoms with E-state index in [0.717, 1.165) is 24.0 Å². The number of rotatable bonds is 2. The summed E-state index contributed by atoms with van der Waals surface area (Å²) < 4.78 is 0. The van der Waals surface area contributed by atoms with E-state index in [1.54, 1.807) is 17.8 Å². The number of hydrogen-bond acceptors (Lipinski definition) is 3. The van der Waals surface area contributed by atoms with Crippen molar-refractivity contribution in [1.29, 1.82) is 0 Å². The minimum absolute atomic E-state index is 0.218. The molecule has 4 heteroatoms. The average molecular weight is 305 g/mol. The number of nitrogens with zero attached hydrogens (tertiary/aromatic N) is 1. The summed E-state index contributed by atoms with van der Waals surface area (Å²) in [7, 11) is 0. The van der Waals surface area contributed by atoms with Crippen LogP contribution in [0.4, 0.5) is 0 Å². The fraction of sp³-hybridized carbons (Fsp3) is 0.588. The van der Waals surface area contributed by atoms with Crippen LogP contribution in [0.3, 0.4) is 0 Å². The standard InChI is InChI=1S/C17H23NO2S/c1-12-8-9-15(19)14(10-12)17(2)18(16(20)11-21-17)13-6-4-3-5-7-13/h8-10,13,19H,3-7,11H2,1-2H3. The van der Waals surface area contributed by atoms with Crippen molar-refractivity contribution in [3.8, 4) is 5.75 Å². The first-order valence-corrected chi connectivity index (χ1v) is 8.77. The number of phenols is 1. The van der Waals surface area contributed by atoms with E-state index in [2.05, 4.69) is 11.8 Å². The SMILES string of the molecule is Cc1ccc(O)c(C2(C)SCC(=O)N2C2CCCCC2)c1. The van der Waals surface area contributed by atoms with Gasteiger partial charge in [0.15, 0.2) is 0 Å². The van der Waals surface area contributed by atoms with Crippen LogP contribution in [0.1, 0.15) is 50.2 Å². The number of thioether (sulfide) groups is 1. The molecule has 1 aliphatic carbocycles. The predicted molar refractivity (Wildman–Crippen MR) is 86.4 cm³/mol. The van der Waals surface area contributed by atoms with Crippen molar-refractivity contribution in [3.05, 3.63) is 29.3 Å². The van der Waals surface area contributed by atoms with Crippen LogP contribution in [0.15, 0.2) is 18.2 Å². The predicted octanol–water partition coefficient (Wildman–Crippen LogP) is 3.78. The molecule has 1 aromatic rings. The van der Waals surface area contributed by atoms with Crippen LogP contribution in [0.25, 0.3) is 0 Å². The van der Waals surface area contributed by atoms with Gasteiger partial charge in [0.25, 0.3) is 0 Å². The van der Waals surface area contributed by atoms with Gasteiger partial charge in [-0.25, -0.2) is 0 Å². The molecule has 0 spiro atoms. The van der Waals surface area contributed by atoms with Crippen molar-refractivity contribution in [2.24, 2.45) is 0 Å². The fourth-order valence-corrected chi connectivity index (χ4v) is 4.95. The lowest BCUT2D eigenvalue weighted by Crippen LogP contribution is -2.47. The van der Waals surface area contributed by atoms with E-state index < -0.39 is 4.87 Å². The first-order chi connectivity index (χ1) is 10.0. The first-order valence-electron chi connectivity index (χ1n) is 7.78. The van der Waals surface area contributed by atoms with E-state index >= 15 is 0 Å². The molecular weight excluding hydrogens is 282 g/mol. The number of phenolic OH excluding ortho intramolecular Hbond substituents is 1. The third-order valence-electron chi connectivity index (χ3n) is 4.80. The fourth-order valence-electron chi connectivity index (χ4n) is 3.70. The summed E-state index contributed by atoms with van der Waals surface area (Å²) in [6.45, 7) is 4.12. The van der Waals surface area contributed by atoms with Crippen molar-refractivity contribution >= 4 is 17.7 Å². The first kappa shape index (κ1) is 14.8. The van der Waals surface area contributed by atoms with Crippen LogP contribution < -0.4 is 0 Å². The van der Waals surface area contributed by atoms with Crippen LogP contribution in [-0.2, 0) is 9.67 Å². The van der Waals surface area contributed by atoms with Gasteiger partial charge >= 0.3 is 0 Å². The lowest BCUT2D eigenvalue weighted by molar-refractivity contribution is -0.133. The maximum atomic E-state index is 12.5. The largest absolute Gasteiger partial charge is 0.508 e. The molecule has 1 atom stereocenters. The van der Waals surface area contributed by atoms with Gasteiger partial charge in [0.05, 0.1) is 5.75 Å². The van der Waals surface area contributed by atoms with Gasteiger partial charge in [-0.1, -0.05) is 30.9 Å². The molecule has 1 unspecified atom stereocenters. The van der Waals surface area contributed by atoms with Gasteiger partial charge in [0.1, 0.15) is 10.6 Å². The molecule has 1 aliphatic heterocycles. The molecule has 21 heavy (non-hydrogen) atoms. The van der Waals surface area contributed by atoms with E-state index in [1.807, 2.05) is 19.1 Å². The van der Waals surface area contributed by atoms with Crippen LogP contribution >= 0.6 is 11.8 Å². The van der Waals surface area contributed by atoms with Gasteiger partial charge < -0.3 is 10.0 Å². The summed E-state index contributed by atoms with van der Waals surface area (Å²) in [5, 5.41) is 10.3. The monoisotopic (exact) mass is 305 g/mol. The summed E-state index contributed by atoms with van der Waals surface area (Å²) >= 11 is 1.65. The molecule has 2 fully saturated rings. The number of aromatic hydroxyl groups is 1. The molecule has 0 radical (unpaired) electrons. The van der Waals surface area contributed by atoms with Crippen molar-refractivity contribution in [2.45, 2.75) is 56.9 Å². The van der Waals surface area contributed by atoms with Crippen molar-refractivity contribution < 1.29 is 9.90 Å². The Hall–Kier alpha value is -1.16. The molecule has 0 bridgehead atoms. The summed E-state index contributed by atoms with van der Waals surface area (Å²) in [4.78, 5) is 14.1. The van der Waals surface area contributed by atoms with Gasteiger partial charge in [-0.2, -0.15) is 0 Å². The lowest BCUT2D eigenvalue weighted by atomic mass is 9.91. The van der Waals surface area contributed by atoms with Crippen molar-refractivity contribution in [3.63, 3.8) is 0 Å². The third-order valence-corrected chi connectivity index (χ3v) is 6.17. The summed E-state index contributed by atoms with van der Waals surface area (Å²) in [5.74, 6) is 1.03. The molecule has 1 saturated carbocycles. The molecule has 3 nitrogen and oxygen atoms in total. The van der Waals surface area contributed by atoms with Gasteiger partial charge in [-0.05, 0) is 38.8 Å². The minimum Gasteiger partial charge on any atom is -0.508 e. The summed E-state index contributed by atoms with van der Waals surface area (Å²) in [6.07, 6.45) is 5.87. The van der Waals surface area contributed by atoms with E-state index in [-0.39, 0.29) is 5.91 Å². The van der Waals surface area contributed by atoms with E-state index in [0.29, 0.717) is 17.5 Å². The van der Waals surface area contributed by atoms with Gasteiger partial charge in [0, 0.05) is 11.6 Å². The molecule has 3 rings (SSSR count). The molecule has 1 amide bonds. The molecule has 1 heterocycles. The van der Waals surface area contributed by atoms with Gasteiger partial charge in [-0.3, -0.25) is 4.79 Å². The summed E-state index contributed by atoms with van der Waals surface area (Å²) in [6, 6.07) is 6.01. The van der Waals surface area contributed by atoms with E-state index in [1.165, 1.54) is 19.3 Å². The Labute approximate surface area is 130 Å². The smallest absolute Gasteiger partial charge is 0.234 e. The Kier molecular flexibility index (Phi) is 3.91. The number of hydrogen-bond donors (Lipinski definition) is 1. The Bertz CT molecular complexity index is 554. The minimum atomic E-state index is -0.435. The normalized spacial score (nSPS) is 27.3. The van der Waals surface area contributed by atoms with Crippen LogP contribution in [0.5, 0.6) is 5.75 Å². The highest BCUT2D eigenvalue weighted by molar-refractivity contribution is 8.01. The zero-order valence-corrected chi connectivity index (χ0v) is 13.6. The maximum absolute atomic E-state index is 12.5. The number of benzene rings is 1. The van der Waals surface area contributed by atoms with Crippen LogP contribution in [-0.4, -0.2) is 27.7 Å². The third kappa shape index (κ3) is 2.54. The zero-order chi connectivity index (χ0) is 15.0. The van der Waals surface area contributed by atoms with Crippen LogP contribution in [0.2, 0.25) is 0 Å². The second-order valence-corrected chi connectivity index (χ2v) is 7.72. The Morgan fingerprint density at radius 1 is 1.29 bits per heavy atom. The topological polar surface area (TPSA) is 40.5 Å². The Morgan fingerprint density at radius 3 is 2.71 bits per heavy atom. The average Bonchev–Trinajstić information content (AvgIpc) is 2.79. The van der Waals surface area contributed by atoms with Gasteiger partial charge in [-0.15, -0.1) is 11.8 Å². The Morgan fingerprint density at radius 2 is 2.00 bits per heavy atom. The second kappa shape index (κ2) is 5.56. The number of carbonyl (C=O) groups excluding carboxylic acids is 1. The maximum Gasteiger partial charge on any atom is 0.234 e. The molecule has 0 aromatic heterocycles. The number of aryl methyl sites for hydroxylation is 1. The van der Waals surface area contributed by atoms with Crippen molar-refractivity contribution in [2.75, 3.05) is 5.75 Å². The number of amides is 1. The molecule has 1 N–H and O–H groups in total. The molecule has 1 saturated heterocycles. The molecule has 114 valence electrons. The zero-order valence-electron chi connectivity index (χ0n) is 12.8. The second-order valence-electron chi connectivity index (χ2n) is 6.35. The Balaban J connectivity index is 2.00. The van der Waals surface area contributed by atoms with Crippen molar-refractivity contribution in [1.82, 2.24) is 4.90 Å². The summed E-state index contributed by atoms with van der Waals surface area (Å²) in [5.41, 5.74) is 2.00.